The van der Waals surface area contributed by atoms with Crippen LogP contribution in [0.4, 0.5) is 0 Å². The second-order valence-corrected chi connectivity index (χ2v) is 4.12. The van der Waals surface area contributed by atoms with E-state index in [2.05, 4.69) is 10.3 Å². The Morgan fingerprint density at radius 1 is 1.47 bits per heavy atom. The van der Waals surface area contributed by atoms with Gasteiger partial charge in [0.15, 0.2) is 0 Å². The molecule has 1 aromatic rings. The Hall–Kier alpha value is -1.36. The Morgan fingerprint density at radius 2 is 2.12 bits per heavy atom. The van der Waals surface area contributed by atoms with E-state index in [1.54, 1.807) is 6.20 Å². The lowest BCUT2D eigenvalue weighted by atomic mass is 9.93. The predicted octanol–water partition coefficient (Wildman–Crippen LogP) is 1.37. The van der Waals surface area contributed by atoms with E-state index in [-0.39, 0.29) is 12.5 Å². The molecule has 1 amide bonds. The monoisotopic (exact) mass is 239 g/mol. The fourth-order valence-electron chi connectivity index (χ4n) is 1.50. The highest BCUT2D eigenvalue weighted by Crippen LogP contribution is 2.11. The summed E-state index contributed by atoms with van der Waals surface area (Å²) < 4.78 is 5.40. The van der Waals surface area contributed by atoms with Crippen LogP contribution in [0.3, 0.4) is 0 Å². The van der Waals surface area contributed by atoms with E-state index in [4.69, 9.17) is 10.2 Å². The fraction of sp³-hybridized carbons (Fsp3) is 0.667. The first kappa shape index (κ1) is 13.7. The predicted molar refractivity (Wildman–Crippen MR) is 65.2 cm³/mol. The maximum absolute atomic E-state index is 11.9. The summed E-state index contributed by atoms with van der Waals surface area (Å²) in [5.41, 5.74) is 5.18. The van der Waals surface area contributed by atoms with E-state index < -0.39 is 5.54 Å². The van der Waals surface area contributed by atoms with Gasteiger partial charge in [-0.2, -0.15) is 0 Å². The average Bonchev–Trinajstić information content (AvgIpc) is 2.82. The van der Waals surface area contributed by atoms with Crippen LogP contribution in [0.2, 0.25) is 0 Å². The average molecular weight is 239 g/mol. The highest BCUT2D eigenvalue weighted by molar-refractivity contribution is 5.85. The number of nitrogens with zero attached hydrogens (tertiary/aromatic N) is 1. The van der Waals surface area contributed by atoms with Crippen molar-refractivity contribution in [3.05, 3.63) is 17.8 Å². The van der Waals surface area contributed by atoms with Crippen molar-refractivity contribution in [2.45, 2.75) is 52.1 Å². The number of aryl methyl sites for hydroxylation is 1. The van der Waals surface area contributed by atoms with Crippen molar-refractivity contribution >= 4 is 5.91 Å². The van der Waals surface area contributed by atoms with Crippen molar-refractivity contribution in [3.8, 4) is 0 Å². The number of nitrogens with two attached hydrogens (primary N) is 1. The van der Waals surface area contributed by atoms with E-state index in [0.717, 1.165) is 12.2 Å². The molecule has 0 aliphatic heterocycles. The highest BCUT2D eigenvalue weighted by Gasteiger charge is 2.29. The first-order valence-electron chi connectivity index (χ1n) is 6.06. The van der Waals surface area contributed by atoms with Crippen LogP contribution in [-0.2, 0) is 17.8 Å². The van der Waals surface area contributed by atoms with Gasteiger partial charge in [0.25, 0.3) is 0 Å². The number of nitrogens with one attached hydrogen (secondary N) is 1. The number of oxazole rings is 1. The highest BCUT2D eigenvalue weighted by atomic mass is 16.4. The van der Waals surface area contributed by atoms with Crippen molar-refractivity contribution in [2.24, 2.45) is 5.73 Å². The minimum Gasteiger partial charge on any atom is -0.444 e. The minimum absolute atomic E-state index is 0.154. The standard InChI is InChI=1S/C12H21N3O2/c1-4-9-7-14-10(17-9)8-15-11(16)12(13,5-2)6-3/h7H,4-6,8,13H2,1-3H3,(H,15,16). The molecular weight excluding hydrogens is 218 g/mol. The van der Waals surface area contributed by atoms with Gasteiger partial charge in [0.05, 0.1) is 18.3 Å². The Bertz CT molecular complexity index is 370. The lowest BCUT2D eigenvalue weighted by molar-refractivity contribution is -0.126. The summed E-state index contributed by atoms with van der Waals surface area (Å²) in [6.07, 6.45) is 3.70. The van der Waals surface area contributed by atoms with Crippen LogP contribution in [0.15, 0.2) is 10.6 Å². The van der Waals surface area contributed by atoms with Gasteiger partial charge in [-0.1, -0.05) is 20.8 Å². The van der Waals surface area contributed by atoms with Crippen molar-refractivity contribution in [1.82, 2.24) is 10.3 Å². The third-order valence-corrected chi connectivity index (χ3v) is 3.06. The molecule has 0 saturated carbocycles. The zero-order valence-electron chi connectivity index (χ0n) is 10.7. The van der Waals surface area contributed by atoms with Gasteiger partial charge < -0.3 is 15.5 Å². The SMILES string of the molecule is CCc1cnc(CNC(=O)C(N)(CC)CC)o1. The summed E-state index contributed by atoms with van der Waals surface area (Å²) >= 11 is 0. The first-order chi connectivity index (χ1) is 8.05. The molecule has 1 rings (SSSR count). The molecule has 1 heterocycles. The number of carbonyl (C=O) groups excluding carboxylic acids is 1. The molecule has 3 N–H and O–H groups in total. The van der Waals surface area contributed by atoms with Gasteiger partial charge in [-0.05, 0) is 12.8 Å². The van der Waals surface area contributed by atoms with E-state index in [0.29, 0.717) is 18.7 Å². The molecule has 0 spiro atoms. The van der Waals surface area contributed by atoms with Gasteiger partial charge in [0.1, 0.15) is 5.76 Å². The molecule has 0 atom stereocenters. The lowest BCUT2D eigenvalue weighted by Gasteiger charge is -2.24. The number of carbonyl (C=O) groups is 1. The topological polar surface area (TPSA) is 81.2 Å². The van der Waals surface area contributed by atoms with E-state index in [1.807, 2.05) is 20.8 Å². The van der Waals surface area contributed by atoms with Gasteiger partial charge in [0, 0.05) is 6.42 Å². The van der Waals surface area contributed by atoms with Gasteiger partial charge in [-0.25, -0.2) is 4.98 Å². The van der Waals surface area contributed by atoms with Crippen LogP contribution in [0, 0.1) is 0 Å². The molecule has 0 radical (unpaired) electrons. The Kier molecular flexibility index (Phi) is 4.69. The van der Waals surface area contributed by atoms with Gasteiger partial charge in [-0.15, -0.1) is 0 Å². The van der Waals surface area contributed by atoms with Crippen molar-refractivity contribution in [1.29, 1.82) is 0 Å². The van der Waals surface area contributed by atoms with Crippen LogP contribution in [0.1, 0.15) is 45.3 Å². The molecule has 5 nitrogen and oxygen atoms in total. The Morgan fingerprint density at radius 3 is 2.59 bits per heavy atom. The summed E-state index contributed by atoms with van der Waals surface area (Å²) in [7, 11) is 0. The zero-order chi connectivity index (χ0) is 12.9. The lowest BCUT2D eigenvalue weighted by Crippen LogP contribution is -2.52. The number of rotatable bonds is 6. The summed E-state index contributed by atoms with van der Waals surface area (Å²) in [5, 5.41) is 2.76. The fourth-order valence-corrected chi connectivity index (χ4v) is 1.50. The quantitative estimate of drug-likeness (QED) is 0.785. The molecule has 96 valence electrons. The normalized spacial score (nSPS) is 11.5. The summed E-state index contributed by atoms with van der Waals surface area (Å²) in [6, 6.07) is 0. The van der Waals surface area contributed by atoms with Gasteiger partial charge in [0.2, 0.25) is 11.8 Å². The largest absolute Gasteiger partial charge is 0.444 e. The van der Waals surface area contributed by atoms with Crippen molar-refractivity contribution in [2.75, 3.05) is 0 Å². The van der Waals surface area contributed by atoms with Gasteiger partial charge in [-0.3, -0.25) is 4.79 Å². The first-order valence-corrected chi connectivity index (χ1v) is 6.06. The second kappa shape index (κ2) is 5.82. The molecule has 5 heteroatoms. The third kappa shape index (κ3) is 3.30. The summed E-state index contributed by atoms with van der Waals surface area (Å²) in [6.45, 7) is 6.09. The molecule has 0 fully saturated rings. The molecule has 0 aliphatic rings. The van der Waals surface area contributed by atoms with Crippen LogP contribution in [-0.4, -0.2) is 16.4 Å². The Labute approximate surface area is 102 Å². The third-order valence-electron chi connectivity index (χ3n) is 3.06. The minimum atomic E-state index is -0.791. The van der Waals surface area contributed by atoms with Crippen molar-refractivity contribution < 1.29 is 9.21 Å². The maximum Gasteiger partial charge on any atom is 0.240 e. The number of amides is 1. The van der Waals surface area contributed by atoms with Crippen LogP contribution in [0.5, 0.6) is 0 Å². The van der Waals surface area contributed by atoms with E-state index in [1.165, 1.54) is 0 Å². The molecule has 0 aromatic carbocycles. The van der Waals surface area contributed by atoms with Crippen molar-refractivity contribution in [3.63, 3.8) is 0 Å². The smallest absolute Gasteiger partial charge is 0.240 e. The van der Waals surface area contributed by atoms with Crippen LogP contribution < -0.4 is 11.1 Å². The number of aromatic nitrogens is 1. The Balaban J connectivity index is 2.53. The molecule has 0 bridgehead atoms. The zero-order valence-corrected chi connectivity index (χ0v) is 10.7. The molecule has 0 saturated heterocycles. The molecule has 0 aliphatic carbocycles. The van der Waals surface area contributed by atoms with Crippen LogP contribution >= 0.6 is 0 Å². The summed E-state index contributed by atoms with van der Waals surface area (Å²) in [5.74, 6) is 1.18. The summed E-state index contributed by atoms with van der Waals surface area (Å²) in [4.78, 5) is 15.9. The van der Waals surface area contributed by atoms with E-state index >= 15 is 0 Å². The van der Waals surface area contributed by atoms with Crippen LogP contribution in [0.25, 0.3) is 0 Å². The number of hydrogen-bond donors (Lipinski definition) is 2. The van der Waals surface area contributed by atoms with Gasteiger partial charge >= 0.3 is 0 Å². The maximum atomic E-state index is 11.9. The number of hydrogen-bond acceptors (Lipinski definition) is 4. The molecule has 1 aromatic heterocycles. The molecule has 17 heavy (non-hydrogen) atoms. The van der Waals surface area contributed by atoms with E-state index in [9.17, 15) is 4.79 Å². The second-order valence-electron chi connectivity index (χ2n) is 4.12. The molecular formula is C12H21N3O2. The molecule has 0 unspecified atom stereocenters.